The van der Waals surface area contributed by atoms with Gasteiger partial charge in [0.2, 0.25) is 0 Å². The molecule has 84 valence electrons. The number of aromatic nitrogens is 2. The maximum absolute atomic E-state index is 8.60. The number of thioether (sulfide) groups is 1. The number of hydrogen-bond donors (Lipinski definition) is 1. The van der Waals surface area contributed by atoms with Crippen molar-refractivity contribution in [2.24, 2.45) is 0 Å². The van der Waals surface area contributed by atoms with Crippen molar-refractivity contribution in [1.82, 2.24) is 10.2 Å². The van der Waals surface area contributed by atoms with Gasteiger partial charge in [0.15, 0.2) is 5.69 Å². The standard InChI is InChI=1S/C11H14N4S/c1-11(5-2-6-16-11)8-13-10-4-3-9(7-12)14-15-10/h3-4H,2,5-6,8H2,1H3,(H,13,15). The maximum Gasteiger partial charge on any atom is 0.163 e. The Morgan fingerprint density at radius 2 is 2.44 bits per heavy atom. The van der Waals surface area contributed by atoms with Crippen LogP contribution in [0, 0.1) is 11.3 Å². The molecule has 0 saturated carbocycles. The van der Waals surface area contributed by atoms with E-state index in [4.69, 9.17) is 5.26 Å². The fourth-order valence-corrected chi connectivity index (χ4v) is 2.98. The van der Waals surface area contributed by atoms with Crippen LogP contribution >= 0.6 is 11.8 Å². The molecule has 0 radical (unpaired) electrons. The van der Waals surface area contributed by atoms with Gasteiger partial charge in [-0.1, -0.05) is 0 Å². The van der Waals surface area contributed by atoms with E-state index in [0.29, 0.717) is 10.4 Å². The van der Waals surface area contributed by atoms with Gasteiger partial charge in [0.05, 0.1) is 0 Å². The summed E-state index contributed by atoms with van der Waals surface area (Å²) in [5.74, 6) is 1.99. The molecule has 2 heterocycles. The van der Waals surface area contributed by atoms with Crippen molar-refractivity contribution in [2.75, 3.05) is 17.6 Å². The van der Waals surface area contributed by atoms with Gasteiger partial charge in [-0.05, 0) is 37.7 Å². The zero-order chi connectivity index (χ0) is 11.4. The lowest BCUT2D eigenvalue weighted by Gasteiger charge is -2.22. The predicted molar refractivity (Wildman–Crippen MR) is 65.3 cm³/mol. The lowest BCUT2D eigenvalue weighted by Crippen LogP contribution is -2.27. The Hall–Kier alpha value is -1.28. The topological polar surface area (TPSA) is 61.6 Å². The summed E-state index contributed by atoms with van der Waals surface area (Å²) in [5.41, 5.74) is 0.354. The van der Waals surface area contributed by atoms with Gasteiger partial charge >= 0.3 is 0 Å². The molecule has 1 aromatic heterocycles. The van der Waals surface area contributed by atoms with Crippen LogP contribution in [0.2, 0.25) is 0 Å². The van der Waals surface area contributed by atoms with Gasteiger partial charge in [-0.2, -0.15) is 17.0 Å². The summed E-state index contributed by atoms with van der Waals surface area (Å²) in [6.07, 6.45) is 2.54. The first-order valence-electron chi connectivity index (χ1n) is 5.33. The minimum atomic E-state index is 0.315. The molecule has 0 bridgehead atoms. The lowest BCUT2D eigenvalue weighted by atomic mass is 10.1. The van der Waals surface area contributed by atoms with Crippen molar-refractivity contribution in [3.05, 3.63) is 17.8 Å². The Labute approximate surface area is 99.5 Å². The van der Waals surface area contributed by atoms with Crippen LogP contribution in [0.15, 0.2) is 12.1 Å². The highest BCUT2D eigenvalue weighted by Gasteiger charge is 2.29. The van der Waals surface area contributed by atoms with Crippen LogP contribution in [0.25, 0.3) is 0 Å². The normalized spacial score (nSPS) is 24.0. The Balaban J connectivity index is 1.92. The van der Waals surface area contributed by atoms with Crippen molar-refractivity contribution < 1.29 is 0 Å². The molecule has 16 heavy (non-hydrogen) atoms. The molecule has 0 aliphatic carbocycles. The smallest absolute Gasteiger partial charge is 0.163 e. The Morgan fingerprint density at radius 1 is 1.56 bits per heavy atom. The Morgan fingerprint density at radius 3 is 3.00 bits per heavy atom. The zero-order valence-corrected chi connectivity index (χ0v) is 10.0. The third-order valence-corrected chi connectivity index (χ3v) is 4.26. The van der Waals surface area contributed by atoms with Crippen LogP contribution in [-0.2, 0) is 0 Å². The van der Waals surface area contributed by atoms with Crippen LogP contribution in [-0.4, -0.2) is 27.2 Å². The van der Waals surface area contributed by atoms with Crippen LogP contribution < -0.4 is 5.32 Å². The van der Waals surface area contributed by atoms with Crippen LogP contribution in [0.1, 0.15) is 25.5 Å². The molecule has 1 aliphatic rings. The van der Waals surface area contributed by atoms with E-state index in [9.17, 15) is 0 Å². The molecule has 0 amide bonds. The van der Waals surface area contributed by atoms with Gasteiger partial charge < -0.3 is 5.32 Å². The second-order valence-electron chi connectivity index (χ2n) is 4.17. The average Bonchev–Trinajstić information content (AvgIpc) is 2.75. The molecule has 0 aromatic carbocycles. The van der Waals surface area contributed by atoms with Crippen LogP contribution in [0.3, 0.4) is 0 Å². The van der Waals surface area contributed by atoms with E-state index in [1.54, 1.807) is 12.1 Å². The monoisotopic (exact) mass is 234 g/mol. The molecule has 1 aromatic rings. The van der Waals surface area contributed by atoms with E-state index in [2.05, 4.69) is 22.4 Å². The molecular formula is C11H14N4S. The van der Waals surface area contributed by atoms with E-state index in [-0.39, 0.29) is 0 Å². The number of nitrogens with one attached hydrogen (secondary N) is 1. The molecule has 1 N–H and O–H groups in total. The summed E-state index contributed by atoms with van der Waals surface area (Å²) >= 11 is 2.01. The van der Waals surface area contributed by atoms with Crippen molar-refractivity contribution >= 4 is 17.6 Å². The van der Waals surface area contributed by atoms with Crippen LogP contribution in [0.5, 0.6) is 0 Å². The number of hydrogen-bond acceptors (Lipinski definition) is 5. The summed E-state index contributed by atoms with van der Waals surface area (Å²) in [6, 6.07) is 5.43. The first kappa shape index (κ1) is 11.2. The van der Waals surface area contributed by atoms with E-state index < -0.39 is 0 Å². The highest BCUT2D eigenvalue weighted by atomic mass is 32.2. The minimum Gasteiger partial charge on any atom is -0.367 e. The molecule has 1 saturated heterocycles. The summed E-state index contributed by atoms with van der Waals surface area (Å²) in [7, 11) is 0. The molecule has 4 nitrogen and oxygen atoms in total. The maximum atomic E-state index is 8.60. The molecule has 1 aliphatic heterocycles. The zero-order valence-electron chi connectivity index (χ0n) is 9.23. The highest BCUT2D eigenvalue weighted by molar-refractivity contribution is 8.00. The molecule has 1 atom stereocenters. The highest BCUT2D eigenvalue weighted by Crippen LogP contribution is 2.37. The van der Waals surface area contributed by atoms with E-state index >= 15 is 0 Å². The molecular weight excluding hydrogens is 220 g/mol. The average molecular weight is 234 g/mol. The minimum absolute atomic E-state index is 0.315. The van der Waals surface area contributed by atoms with Gasteiger partial charge in [0.25, 0.3) is 0 Å². The van der Waals surface area contributed by atoms with Gasteiger partial charge in [-0.3, -0.25) is 0 Å². The second kappa shape index (κ2) is 4.71. The molecule has 1 unspecified atom stereocenters. The van der Waals surface area contributed by atoms with Crippen molar-refractivity contribution in [3.63, 3.8) is 0 Å². The van der Waals surface area contributed by atoms with Crippen molar-refractivity contribution in [2.45, 2.75) is 24.5 Å². The molecule has 0 spiro atoms. The largest absolute Gasteiger partial charge is 0.367 e. The van der Waals surface area contributed by atoms with Gasteiger partial charge in [-0.15, -0.1) is 10.2 Å². The van der Waals surface area contributed by atoms with E-state index in [1.165, 1.54) is 18.6 Å². The Kier molecular flexibility index (Phi) is 3.30. The van der Waals surface area contributed by atoms with Crippen molar-refractivity contribution in [3.8, 4) is 6.07 Å². The van der Waals surface area contributed by atoms with Crippen LogP contribution in [0.4, 0.5) is 5.82 Å². The van der Waals surface area contributed by atoms with E-state index in [1.807, 2.05) is 17.8 Å². The third-order valence-electron chi connectivity index (χ3n) is 2.72. The second-order valence-corrected chi connectivity index (χ2v) is 5.85. The number of anilines is 1. The first-order chi connectivity index (χ1) is 7.72. The quantitative estimate of drug-likeness (QED) is 0.867. The van der Waals surface area contributed by atoms with Gasteiger partial charge in [-0.25, -0.2) is 0 Å². The molecule has 2 rings (SSSR count). The predicted octanol–water partition coefficient (Wildman–Crippen LogP) is 2.05. The fourth-order valence-electron chi connectivity index (χ4n) is 1.74. The SMILES string of the molecule is CC1(CNc2ccc(C#N)nn2)CCCS1. The van der Waals surface area contributed by atoms with Gasteiger partial charge in [0, 0.05) is 11.3 Å². The first-order valence-corrected chi connectivity index (χ1v) is 6.32. The van der Waals surface area contributed by atoms with Gasteiger partial charge in [0.1, 0.15) is 11.9 Å². The third kappa shape index (κ3) is 2.64. The lowest BCUT2D eigenvalue weighted by molar-refractivity contribution is 0.633. The summed E-state index contributed by atoms with van der Waals surface area (Å²) in [5, 5.41) is 19.6. The van der Waals surface area contributed by atoms with E-state index in [0.717, 1.165) is 12.4 Å². The Bertz CT molecular complexity index is 389. The summed E-state index contributed by atoms with van der Waals surface area (Å²) < 4.78 is 0.315. The van der Waals surface area contributed by atoms with Crippen molar-refractivity contribution in [1.29, 1.82) is 5.26 Å². The summed E-state index contributed by atoms with van der Waals surface area (Å²) in [4.78, 5) is 0. The number of rotatable bonds is 3. The summed E-state index contributed by atoms with van der Waals surface area (Å²) in [6.45, 7) is 3.17. The molecule has 5 heteroatoms. The number of nitriles is 1. The fraction of sp³-hybridized carbons (Fsp3) is 0.545. The number of nitrogens with zero attached hydrogens (tertiary/aromatic N) is 3. The molecule has 1 fully saturated rings.